The molecule has 92 valence electrons. The van der Waals surface area contributed by atoms with E-state index in [1.54, 1.807) is 24.3 Å². The molecule has 0 saturated heterocycles. The molecule has 2 aromatic carbocycles. The van der Waals surface area contributed by atoms with Crippen LogP contribution in [0.4, 0.5) is 14.5 Å². The maximum absolute atomic E-state index is 12.9. The van der Waals surface area contributed by atoms with E-state index in [4.69, 9.17) is 11.6 Å². The average Bonchev–Trinajstić information content (AvgIpc) is 2.36. The van der Waals surface area contributed by atoms with E-state index in [2.05, 4.69) is 10.5 Å². The number of rotatable bonds is 3. The Balaban J connectivity index is 2.08. The minimum Gasteiger partial charge on any atom is -0.277 e. The molecule has 0 aromatic heterocycles. The van der Waals surface area contributed by atoms with Gasteiger partial charge in [0.05, 0.1) is 16.9 Å². The molecular formula is C13H9ClF2N2. The lowest BCUT2D eigenvalue weighted by Crippen LogP contribution is -1.92. The van der Waals surface area contributed by atoms with E-state index in [-0.39, 0.29) is 0 Å². The maximum Gasteiger partial charge on any atom is 0.159 e. The number of nitrogens with zero attached hydrogens (tertiary/aromatic N) is 1. The zero-order valence-corrected chi connectivity index (χ0v) is 9.96. The van der Waals surface area contributed by atoms with Gasteiger partial charge in [0.15, 0.2) is 11.6 Å². The third kappa shape index (κ3) is 3.05. The molecule has 0 bridgehead atoms. The number of para-hydroxylation sites is 1. The van der Waals surface area contributed by atoms with Crippen molar-refractivity contribution in [1.82, 2.24) is 0 Å². The minimum absolute atomic E-state index is 0.452. The summed E-state index contributed by atoms with van der Waals surface area (Å²) in [4.78, 5) is 0. The van der Waals surface area contributed by atoms with Gasteiger partial charge in [0.2, 0.25) is 0 Å². The zero-order valence-electron chi connectivity index (χ0n) is 9.20. The van der Waals surface area contributed by atoms with E-state index in [0.717, 1.165) is 12.1 Å². The summed E-state index contributed by atoms with van der Waals surface area (Å²) in [5, 5.41) is 4.42. The largest absolute Gasteiger partial charge is 0.277 e. The molecule has 0 fully saturated rings. The second kappa shape index (κ2) is 5.60. The van der Waals surface area contributed by atoms with Crippen LogP contribution in [-0.2, 0) is 0 Å². The smallest absolute Gasteiger partial charge is 0.159 e. The molecule has 0 spiro atoms. The fourth-order valence-corrected chi connectivity index (χ4v) is 1.50. The van der Waals surface area contributed by atoms with Crippen LogP contribution in [0.25, 0.3) is 0 Å². The number of benzene rings is 2. The predicted octanol–water partition coefficient (Wildman–Crippen LogP) is 4.06. The summed E-state index contributed by atoms with van der Waals surface area (Å²) in [6, 6.07) is 10.6. The summed E-state index contributed by atoms with van der Waals surface area (Å²) in [5.41, 5.74) is 3.81. The summed E-state index contributed by atoms with van der Waals surface area (Å²) >= 11 is 5.91. The monoisotopic (exact) mass is 266 g/mol. The Bertz CT molecular complexity index is 585. The van der Waals surface area contributed by atoms with Crippen molar-refractivity contribution >= 4 is 23.5 Å². The lowest BCUT2D eigenvalue weighted by molar-refractivity contribution is 0.508. The van der Waals surface area contributed by atoms with E-state index >= 15 is 0 Å². The Morgan fingerprint density at radius 2 is 1.83 bits per heavy atom. The zero-order chi connectivity index (χ0) is 13.0. The van der Waals surface area contributed by atoms with Gasteiger partial charge in [-0.1, -0.05) is 29.8 Å². The first-order valence-corrected chi connectivity index (χ1v) is 5.53. The van der Waals surface area contributed by atoms with Crippen molar-refractivity contribution in [2.45, 2.75) is 0 Å². The molecule has 0 aliphatic carbocycles. The van der Waals surface area contributed by atoms with Gasteiger partial charge in [-0.15, -0.1) is 0 Å². The van der Waals surface area contributed by atoms with E-state index in [0.29, 0.717) is 16.3 Å². The fraction of sp³-hybridized carbons (Fsp3) is 0. The number of hydrogen-bond donors (Lipinski definition) is 1. The number of nitrogens with one attached hydrogen (secondary N) is 1. The van der Waals surface area contributed by atoms with Gasteiger partial charge in [0.25, 0.3) is 0 Å². The van der Waals surface area contributed by atoms with Crippen LogP contribution in [0.1, 0.15) is 5.56 Å². The van der Waals surface area contributed by atoms with Crippen LogP contribution in [0.15, 0.2) is 47.6 Å². The molecule has 0 unspecified atom stereocenters. The van der Waals surface area contributed by atoms with Gasteiger partial charge in [0, 0.05) is 0 Å². The van der Waals surface area contributed by atoms with Gasteiger partial charge in [-0.25, -0.2) is 8.78 Å². The van der Waals surface area contributed by atoms with Gasteiger partial charge in [-0.05, 0) is 29.8 Å². The Morgan fingerprint density at radius 3 is 2.56 bits per heavy atom. The van der Waals surface area contributed by atoms with Crippen molar-refractivity contribution in [3.05, 3.63) is 64.7 Å². The second-order valence-electron chi connectivity index (χ2n) is 3.52. The number of anilines is 1. The van der Waals surface area contributed by atoms with Crippen molar-refractivity contribution in [2.24, 2.45) is 5.10 Å². The number of hydrazone groups is 1. The third-order valence-corrected chi connectivity index (χ3v) is 2.55. The standard InChI is InChI=1S/C13H9ClF2N2/c14-10-3-1-2-4-13(10)18-17-8-9-5-6-11(15)12(16)7-9/h1-8,18H/b17-8-. The predicted molar refractivity (Wildman–Crippen MR) is 69.0 cm³/mol. The number of halogens is 3. The SMILES string of the molecule is Fc1ccc(/C=N\Nc2ccccc2Cl)cc1F. The lowest BCUT2D eigenvalue weighted by atomic mass is 10.2. The Labute approximate surface area is 108 Å². The molecule has 1 N–H and O–H groups in total. The molecule has 0 amide bonds. The molecule has 0 aliphatic rings. The average molecular weight is 267 g/mol. The molecule has 0 saturated carbocycles. The lowest BCUT2D eigenvalue weighted by Gasteiger charge is -2.01. The molecule has 2 nitrogen and oxygen atoms in total. The minimum atomic E-state index is -0.906. The van der Waals surface area contributed by atoms with Gasteiger partial charge in [0.1, 0.15) is 0 Å². The fourth-order valence-electron chi connectivity index (χ4n) is 1.32. The third-order valence-electron chi connectivity index (χ3n) is 2.22. The summed E-state index contributed by atoms with van der Waals surface area (Å²) in [6.45, 7) is 0. The molecule has 0 aliphatic heterocycles. The highest BCUT2D eigenvalue weighted by Gasteiger charge is 2.00. The highest BCUT2D eigenvalue weighted by molar-refractivity contribution is 6.33. The molecule has 2 rings (SSSR count). The van der Waals surface area contributed by atoms with Gasteiger partial charge in [-0.3, -0.25) is 5.43 Å². The summed E-state index contributed by atoms with van der Waals surface area (Å²) in [6.07, 6.45) is 1.38. The van der Waals surface area contributed by atoms with Crippen molar-refractivity contribution in [3.8, 4) is 0 Å². The molecule has 0 heterocycles. The van der Waals surface area contributed by atoms with Crippen molar-refractivity contribution < 1.29 is 8.78 Å². The molecular weight excluding hydrogens is 258 g/mol. The highest BCUT2D eigenvalue weighted by atomic mass is 35.5. The van der Waals surface area contributed by atoms with Crippen LogP contribution in [0.3, 0.4) is 0 Å². The highest BCUT2D eigenvalue weighted by Crippen LogP contribution is 2.20. The summed E-state index contributed by atoms with van der Waals surface area (Å²) in [7, 11) is 0. The van der Waals surface area contributed by atoms with Gasteiger partial charge < -0.3 is 0 Å². The number of hydrogen-bond acceptors (Lipinski definition) is 2. The van der Waals surface area contributed by atoms with E-state index in [1.165, 1.54) is 12.3 Å². The molecule has 2 aromatic rings. The first kappa shape index (κ1) is 12.5. The maximum atomic E-state index is 12.9. The van der Waals surface area contributed by atoms with Crippen molar-refractivity contribution in [1.29, 1.82) is 0 Å². The van der Waals surface area contributed by atoms with Gasteiger partial charge >= 0.3 is 0 Å². The first-order valence-electron chi connectivity index (χ1n) is 5.15. The normalized spacial score (nSPS) is 10.8. The Kier molecular flexibility index (Phi) is 3.89. The topological polar surface area (TPSA) is 24.4 Å². The Morgan fingerprint density at radius 1 is 1.06 bits per heavy atom. The quantitative estimate of drug-likeness (QED) is 0.657. The molecule has 0 atom stereocenters. The van der Waals surface area contributed by atoms with Crippen molar-refractivity contribution in [2.75, 3.05) is 5.43 Å². The van der Waals surface area contributed by atoms with Crippen LogP contribution >= 0.6 is 11.6 Å². The van der Waals surface area contributed by atoms with Gasteiger partial charge in [-0.2, -0.15) is 5.10 Å². The molecule has 0 radical (unpaired) electrons. The molecule has 18 heavy (non-hydrogen) atoms. The first-order chi connectivity index (χ1) is 8.66. The summed E-state index contributed by atoms with van der Waals surface area (Å²) < 4.78 is 25.6. The van der Waals surface area contributed by atoms with Crippen LogP contribution in [-0.4, -0.2) is 6.21 Å². The van der Waals surface area contributed by atoms with Crippen LogP contribution in [0.2, 0.25) is 5.02 Å². The van der Waals surface area contributed by atoms with Crippen LogP contribution < -0.4 is 5.43 Å². The van der Waals surface area contributed by atoms with E-state index < -0.39 is 11.6 Å². The van der Waals surface area contributed by atoms with Crippen LogP contribution in [0.5, 0.6) is 0 Å². The van der Waals surface area contributed by atoms with E-state index in [9.17, 15) is 8.78 Å². The van der Waals surface area contributed by atoms with Crippen LogP contribution in [0, 0.1) is 11.6 Å². The second-order valence-corrected chi connectivity index (χ2v) is 3.93. The molecule has 5 heteroatoms. The van der Waals surface area contributed by atoms with Crippen molar-refractivity contribution in [3.63, 3.8) is 0 Å². The Hall–Kier alpha value is -1.94. The van der Waals surface area contributed by atoms with E-state index in [1.807, 2.05) is 0 Å². The summed E-state index contributed by atoms with van der Waals surface area (Å²) in [5.74, 6) is -1.79.